The highest BCUT2D eigenvalue weighted by atomic mass is 16.5. The van der Waals surface area contributed by atoms with E-state index in [4.69, 9.17) is 13.9 Å². The molecule has 1 aromatic carbocycles. The number of carboxylic acid groups (broad SMARTS) is 1. The Balaban J connectivity index is 2.02. The van der Waals surface area contributed by atoms with E-state index >= 15 is 0 Å². The van der Waals surface area contributed by atoms with Crippen LogP contribution in [0.25, 0.3) is 0 Å². The summed E-state index contributed by atoms with van der Waals surface area (Å²) in [5.41, 5.74) is 2.64. The van der Waals surface area contributed by atoms with Crippen molar-refractivity contribution in [2.24, 2.45) is 0 Å². The van der Waals surface area contributed by atoms with Gasteiger partial charge in [-0.25, -0.2) is 0 Å². The molecule has 0 radical (unpaired) electrons. The maximum absolute atomic E-state index is 13.1. The zero-order valence-corrected chi connectivity index (χ0v) is 16.6. The van der Waals surface area contributed by atoms with Crippen molar-refractivity contribution < 1.29 is 28.6 Å². The number of fused-ring (bicyclic) bond motifs is 1. The molecule has 150 valence electrons. The number of aryl methyl sites for hydroxylation is 2. The summed E-state index contributed by atoms with van der Waals surface area (Å²) < 4.78 is 16.4. The van der Waals surface area contributed by atoms with Gasteiger partial charge in [-0.15, -0.1) is 0 Å². The molecule has 1 atom stereocenters. The summed E-state index contributed by atoms with van der Waals surface area (Å²) in [6.45, 7) is 4.26. The molecule has 1 unspecified atom stereocenters. The van der Waals surface area contributed by atoms with Crippen molar-refractivity contribution in [3.05, 3.63) is 46.4 Å². The summed E-state index contributed by atoms with van der Waals surface area (Å²) in [7, 11) is 3.09. The van der Waals surface area contributed by atoms with Crippen LogP contribution in [-0.2, 0) is 17.6 Å². The van der Waals surface area contributed by atoms with Crippen LogP contribution in [0.5, 0.6) is 11.5 Å². The largest absolute Gasteiger partial charge is 0.493 e. The van der Waals surface area contributed by atoms with Gasteiger partial charge in [0.1, 0.15) is 5.76 Å². The van der Waals surface area contributed by atoms with Crippen molar-refractivity contribution in [2.75, 3.05) is 20.8 Å². The van der Waals surface area contributed by atoms with E-state index in [-0.39, 0.29) is 18.1 Å². The zero-order chi connectivity index (χ0) is 20.4. The fourth-order valence-corrected chi connectivity index (χ4v) is 3.77. The Hall–Kier alpha value is -2.96. The highest BCUT2D eigenvalue weighted by Gasteiger charge is 2.35. The van der Waals surface area contributed by atoms with E-state index in [0.29, 0.717) is 30.9 Å². The van der Waals surface area contributed by atoms with Crippen LogP contribution in [0.1, 0.15) is 52.4 Å². The van der Waals surface area contributed by atoms with Crippen LogP contribution in [0.15, 0.2) is 22.6 Å². The smallest absolute Gasteiger partial charge is 0.305 e. The molecule has 2 aromatic rings. The predicted molar refractivity (Wildman–Crippen MR) is 102 cm³/mol. The number of amides is 1. The highest BCUT2D eigenvalue weighted by molar-refractivity contribution is 5.92. The van der Waals surface area contributed by atoms with Gasteiger partial charge in [0.25, 0.3) is 5.91 Å². The average Bonchev–Trinajstić information content (AvgIpc) is 3.07. The second kappa shape index (κ2) is 7.96. The minimum atomic E-state index is -0.977. The quantitative estimate of drug-likeness (QED) is 0.817. The molecule has 28 heavy (non-hydrogen) atoms. The minimum Gasteiger partial charge on any atom is -0.493 e. The first-order chi connectivity index (χ1) is 13.4. The molecule has 1 aliphatic rings. The molecule has 1 aliphatic heterocycles. The van der Waals surface area contributed by atoms with Crippen LogP contribution < -0.4 is 9.47 Å². The molecule has 1 amide bonds. The minimum absolute atomic E-state index is 0.200. The number of benzene rings is 1. The molecular formula is C21H25NO6. The second-order valence-electron chi connectivity index (χ2n) is 6.84. The van der Waals surface area contributed by atoms with E-state index < -0.39 is 12.0 Å². The van der Waals surface area contributed by atoms with Crippen LogP contribution in [0.3, 0.4) is 0 Å². The number of aliphatic carboxylic acids is 1. The lowest BCUT2D eigenvalue weighted by atomic mass is 9.89. The third-order valence-electron chi connectivity index (χ3n) is 5.18. The number of hydrogen-bond donors (Lipinski definition) is 1. The van der Waals surface area contributed by atoms with E-state index in [0.717, 1.165) is 22.5 Å². The van der Waals surface area contributed by atoms with Crippen LogP contribution in [0, 0.1) is 6.92 Å². The van der Waals surface area contributed by atoms with Crippen LogP contribution >= 0.6 is 0 Å². The molecule has 1 aromatic heterocycles. The van der Waals surface area contributed by atoms with Gasteiger partial charge in [0.15, 0.2) is 17.3 Å². The van der Waals surface area contributed by atoms with Gasteiger partial charge in [-0.05, 0) is 48.2 Å². The van der Waals surface area contributed by atoms with Gasteiger partial charge < -0.3 is 23.9 Å². The molecule has 0 spiro atoms. The van der Waals surface area contributed by atoms with Crippen LogP contribution in [0.2, 0.25) is 0 Å². The molecule has 0 bridgehead atoms. The number of carboxylic acids is 1. The molecular weight excluding hydrogens is 362 g/mol. The van der Waals surface area contributed by atoms with Gasteiger partial charge in [-0.3, -0.25) is 9.59 Å². The van der Waals surface area contributed by atoms with Gasteiger partial charge in [-0.1, -0.05) is 6.92 Å². The number of furan rings is 1. The fourth-order valence-electron chi connectivity index (χ4n) is 3.77. The van der Waals surface area contributed by atoms with Crippen molar-refractivity contribution in [3.63, 3.8) is 0 Å². The molecule has 0 aliphatic carbocycles. The van der Waals surface area contributed by atoms with Crippen molar-refractivity contribution in [1.82, 2.24) is 4.90 Å². The second-order valence-corrected chi connectivity index (χ2v) is 6.84. The SMILES string of the molecule is CCc1oc(C(=O)N2CCc3cc(OC)c(OC)cc3C2CC(=O)O)cc1C. The first-order valence-electron chi connectivity index (χ1n) is 9.26. The Kier molecular flexibility index (Phi) is 5.63. The van der Waals surface area contributed by atoms with Crippen LogP contribution in [-0.4, -0.2) is 42.6 Å². The molecule has 0 saturated heterocycles. The Morgan fingerprint density at radius 2 is 1.89 bits per heavy atom. The summed E-state index contributed by atoms with van der Waals surface area (Å²) in [6.07, 6.45) is 1.09. The molecule has 7 nitrogen and oxygen atoms in total. The van der Waals surface area contributed by atoms with Gasteiger partial charge in [-0.2, -0.15) is 0 Å². The molecule has 2 heterocycles. The van der Waals surface area contributed by atoms with E-state index in [1.165, 1.54) is 7.11 Å². The van der Waals surface area contributed by atoms with E-state index in [9.17, 15) is 14.7 Å². The summed E-state index contributed by atoms with van der Waals surface area (Å²) in [5, 5.41) is 9.46. The number of nitrogens with zero attached hydrogens (tertiary/aromatic N) is 1. The van der Waals surface area contributed by atoms with Gasteiger partial charge in [0, 0.05) is 13.0 Å². The Labute approximate surface area is 163 Å². The van der Waals surface area contributed by atoms with Crippen molar-refractivity contribution in [1.29, 1.82) is 0 Å². The highest BCUT2D eigenvalue weighted by Crippen LogP contribution is 2.40. The van der Waals surface area contributed by atoms with Crippen molar-refractivity contribution in [3.8, 4) is 11.5 Å². The zero-order valence-electron chi connectivity index (χ0n) is 16.6. The average molecular weight is 387 g/mol. The van der Waals surface area contributed by atoms with E-state index in [1.807, 2.05) is 19.9 Å². The van der Waals surface area contributed by atoms with Gasteiger partial charge in [0.05, 0.1) is 26.7 Å². The first kappa shape index (κ1) is 19.8. The normalized spacial score (nSPS) is 15.9. The number of carbonyl (C=O) groups is 2. The Morgan fingerprint density at radius 1 is 1.21 bits per heavy atom. The fraction of sp³-hybridized carbons (Fsp3) is 0.429. The van der Waals surface area contributed by atoms with Crippen molar-refractivity contribution in [2.45, 2.75) is 39.2 Å². The summed E-state index contributed by atoms with van der Waals surface area (Å²) in [6, 6.07) is 4.75. The summed E-state index contributed by atoms with van der Waals surface area (Å²) >= 11 is 0. The maximum Gasteiger partial charge on any atom is 0.305 e. The lowest BCUT2D eigenvalue weighted by Gasteiger charge is -2.36. The first-order valence-corrected chi connectivity index (χ1v) is 9.26. The number of ether oxygens (including phenoxy) is 2. The number of carbonyl (C=O) groups excluding carboxylic acids is 1. The van der Waals surface area contributed by atoms with Gasteiger partial charge >= 0.3 is 5.97 Å². The molecule has 7 heteroatoms. The van der Waals surface area contributed by atoms with Crippen LogP contribution in [0.4, 0.5) is 0 Å². The summed E-state index contributed by atoms with van der Waals surface area (Å²) in [5.74, 6) is 0.831. The van der Waals surface area contributed by atoms with Gasteiger partial charge in [0.2, 0.25) is 0 Å². The number of rotatable bonds is 6. The monoisotopic (exact) mass is 387 g/mol. The lowest BCUT2D eigenvalue weighted by molar-refractivity contribution is -0.138. The van der Waals surface area contributed by atoms with Crippen molar-refractivity contribution >= 4 is 11.9 Å². The Morgan fingerprint density at radius 3 is 2.46 bits per heavy atom. The maximum atomic E-state index is 13.1. The predicted octanol–water partition coefficient (Wildman–Crippen LogP) is 3.38. The third-order valence-corrected chi connectivity index (χ3v) is 5.18. The molecule has 0 saturated carbocycles. The molecule has 3 rings (SSSR count). The third kappa shape index (κ3) is 3.56. The number of methoxy groups -OCH3 is 2. The van der Waals surface area contributed by atoms with E-state index in [1.54, 1.807) is 24.1 Å². The standard InChI is InChI=1S/C21H25NO6/c1-5-16-12(2)8-19(28-16)21(25)22-7-6-13-9-17(26-3)18(27-4)10-14(13)15(22)11-20(23)24/h8-10,15H,5-7,11H2,1-4H3,(H,23,24). The van der Waals surface area contributed by atoms with E-state index in [2.05, 4.69) is 0 Å². The molecule has 1 N–H and O–H groups in total. The summed E-state index contributed by atoms with van der Waals surface area (Å²) in [4.78, 5) is 26.3. The molecule has 0 fully saturated rings. The number of hydrogen-bond acceptors (Lipinski definition) is 5. The lowest BCUT2D eigenvalue weighted by Crippen LogP contribution is -2.41. The topological polar surface area (TPSA) is 89.2 Å². The Bertz CT molecular complexity index is 901.